The standard InChI is InChI=1S/C8H8F3IN2O2/c1-2-16-6(15)4-14-3-5(12)7(13-14)8(9,10)11/h3H,2,4H2,1H3. The van der Waals surface area contributed by atoms with E-state index in [-0.39, 0.29) is 16.7 Å². The molecular weight excluding hydrogens is 340 g/mol. The zero-order valence-electron chi connectivity index (χ0n) is 8.21. The fourth-order valence-corrected chi connectivity index (χ4v) is 1.74. The van der Waals surface area contributed by atoms with Crippen molar-refractivity contribution in [2.45, 2.75) is 19.6 Å². The molecule has 8 heteroatoms. The van der Waals surface area contributed by atoms with E-state index >= 15 is 0 Å². The van der Waals surface area contributed by atoms with Crippen LogP contribution in [0.5, 0.6) is 0 Å². The molecule has 90 valence electrons. The fourth-order valence-electron chi connectivity index (χ4n) is 1.01. The Hall–Kier alpha value is -0.800. The van der Waals surface area contributed by atoms with Crippen LogP contribution in [0, 0.1) is 3.57 Å². The zero-order chi connectivity index (χ0) is 12.3. The Kier molecular flexibility index (Phi) is 4.16. The van der Waals surface area contributed by atoms with Crippen LogP contribution in [0.1, 0.15) is 12.6 Å². The highest BCUT2D eigenvalue weighted by atomic mass is 127. The van der Waals surface area contributed by atoms with E-state index in [1.54, 1.807) is 6.92 Å². The molecule has 0 bridgehead atoms. The number of ether oxygens (including phenoxy) is 1. The molecule has 0 fully saturated rings. The average Bonchev–Trinajstić information content (AvgIpc) is 2.46. The van der Waals surface area contributed by atoms with Gasteiger partial charge in [0, 0.05) is 6.20 Å². The molecule has 0 aromatic carbocycles. The number of aromatic nitrogens is 2. The van der Waals surface area contributed by atoms with E-state index in [0.717, 1.165) is 10.9 Å². The second-order valence-electron chi connectivity index (χ2n) is 2.83. The predicted molar refractivity (Wildman–Crippen MR) is 56.6 cm³/mol. The third-order valence-corrected chi connectivity index (χ3v) is 2.37. The van der Waals surface area contributed by atoms with E-state index < -0.39 is 17.8 Å². The smallest absolute Gasteiger partial charge is 0.436 e. The lowest BCUT2D eigenvalue weighted by Crippen LogP contribution is -2.15. The highest BCUT2D eigenvalue weighted by molar-refractivity contribution is 14.1. The van der Waals surface area contributed by atoms with Crippen LogP contribution in [-0.2, 0) is 22.3 Å². The molecule has 4 nitrogen and oxygen atoms in total. The van der Waals surface area contributed by atoms with Gasteiger partial charge in [-0.2, -0.15) is 18.3 Å². The monoisotopic (exact) mass is 348 g/mol. The molecule has 0 radical (unpaired) electrons. The van der Waals surface area contributed by atoms with Gasteiger partial charge >= 0.3 is 12.1 Å². The summed E-state index contributed by atoms with van der Waals surface area (Å²) >= 11 is 1.52. The van der Waals surface area contributed by atoms with Gasteiger partial charge in [-0.05, 0) is 29.5 Å². The summed E-state index contributed by atoms with van der Waals surface area (Å²) in [5, 5.41) is 3.29. The number of halogens is 4. The molecule has 0 saturated carbocycles. The van der Waals surface area contributed by atoms with Crippen LogP contribution in [0.15, 0.2) is 6.20 Å². The van der Waals surface area contributed by atoms with E-state index in [1.807, 2.05) is 0 Å². The maximum Gasteiger partial charge on any atom is 0.436 e. The Morgan fingerprint density at radius 1 is 1.62 bits per heavy atom. The Morgan fingerprint density at radius 3 is 2.69 bits per heavy atom. The minimum atomic E-state index is -4.50. The largest absolute Gasteiger partial charge is 0.465 e. The van der Waals surface area contributed by atoms with E-state index in [9.17, 15) is 18.0 Å². The number of esters is 1. The van der Waals surface area contributed by atoms with Crippen molar-refractivity contribution >= 4 is 28.6 Å². The van der Waals surface area contributed by atoms with Crippen LogP contribution in [0.3, 0.4) is 0 Å². The van der Waals surface area contributed by atoms with E-state index in [1.165, 1.54) is 22.6 Å². The zero-order valence-corrected chi connectivity index (χ0v) is 10.4. The quantitative estimate of drug-likeness (QED) is 0.621. The second kappa shape index (κ2) is 5.02. The third kappa shape index (κ3) is 3.35. The normalized spacial score (nSPS) is 11.6. The van der Waals surface area contributed by atoms with Crippen LogP contribution in [-0.4, -0.2) is 22.4 Å². The molecule has 0 aliphatic rings. The van der Waals surface area contributed by atoms with Crippen LogP contribution in [0.25, 0.3) is 0 Å². The molecular formula is C8H8F3IN2O2. The predicted octanol–water partition coefficient (Wildman–Crippen LogP) is 2.07. The molecule has 0 unspecified atom stereocenters. The summed E-state index contributed by atoms with van der Waals surface area (Å²) in [5.41, 5.74) is -0.989. The van der Waals surface area contributed by atoms with Crippen molar-refractivity contribution in [3.8, 4) is 0 Å². The number of rotatable bonds is 3. The van der Waals surface area contributed by atoms with Crippen LogP contribution < -0.4 is 0 Å². The summed E-state index contributed by atoms with van der Waals surface area (Å²) in [7, 11) is 0. The molecule has 1 rings (SSSR count). The van der Waals surface area contributed by atoms with Crippen molar-refractivity contribution < 1.29 is 22.7 Å². The summed E-state index contributed by atoms with van der Waals surface area (Å²) in [5.74, 6) is -0.616. The Balaban J connectivity index is 2.81. The first-order valence-corrected chi connectivity index (χ1v) is 5.38. The molecule has 1 heterocycles. The molecule has 0 saturated heterocycles. The van der Waals surface area contributed by atoms with Gasteiger partial charge in [0.05, 0.1) is 10.2 Å². The Labute approximate surface area is 103 Å². The van der Waals surface area contributed by atoms with Crippen LogP contribution >= 0.6 is 22.6 Å². The molecule has 0 atom stereocenters. The number of carbonyl (C=O) groups excluding carboxylic acids is 1. The second-order valence-corrected chi connectivity index (χ2v) is 3.99. The SMILES string of the molecule is CCOC(=O)Cn1cc(I)c(C(F)(F)F)n1. The fraction of sp³-hybridized carbons (Fsp3) is 0.500. The van der Waals surface area contributed by atoms with Crippen molar-refractivity contribution in [3.05, 3.63) is 15.5 Å². The number of carbonyl (C=O) groups is 1. The first-order chi connectivity index (χ1) is 7.34. The summed E-state index contributed by atoms with van der Waals surface area (Å²) < 4.78 is 42.5. The van der Waals surface area contributed by atoms with E-state index in [2.05, 4.69) is 9.84 Å². The molecule has 1 aromatic rings. The van der Waals surface area contributed by atoms with E-state index in [0.29, 0.717) is 0 Å². The maximum absolute atomic E-state index is 12.4. The maximum atomic E-state index is 12.4. The number of alkyl halides is 3. The summed E-state index contributed by atoms with van der Waals surface area (Å²) in [4.78, 5) is 11.0. The van der Waals surface area contributed by atoms with Crippen molar-refractivity contribution in [2.75, 3.05) is 6.61 Å². The first-order valence-electron chi connectivity index (χ1n) is 4.30. The number of nitrogens with zero attached hydrogens (tertiary/aromatic N) is 2. The lowest BCUT2D eigenvalue weighted by atomic mass is 10.4. The molecule has 0 spiro atoms. The minimum absolute atomic E-state index is 0.0469. The molecule has 16 heavy (non-hydrogen) atoms. The molecule has 0 aliphatic heterocycles. The van der Waals surface area contributed by atoms with Crippen LogP contribution in [0.4, 0.5) is 13.2 Å². The van der Waals surface area contributed by atoms with Gasteiger partial charge in [-0.1, -0.05) is 0 Å². The topological polar surface area (TPSA) is 44.1 Å². The Morgan fingerprint density at radius 2 is 2.25 bits per heavy atom. The van der Waals surface area contributed by atoms with Crippen molar-refractivity contribution in [1.82, 2.24) is 9.78 Å². The highest BCUT2D eigenvalue weighted by Crippen LogP contribution is 2.31. The summed E-state index contributed by atoms with van der Waals surface area (Å²) in [6.45, 7) is 1.48. The third-order valence-electron chi connectivity index (χ3n) is 1.58. The highest BCUT2D eigenvalue weighted by Gasteiger charge is 2.36. The minimum Gasteiger partial charge on any atom is -0.465 e. The molecule has 0 N–H and O–H groups in total. The lowest BCUT2D eigenvalue weighted by Gasteiger charge is -2.03. The van der Waals surface area contributed by atoms with Crippen molar-refractivity contribution in [2.24, 2.45) is 0 Å². The number of hydrogen-bond acceptors (Lipinski definition) is 3. The van der Waals surface area contributed by atoms with Crippen molar-refractivity contribution in [3.63, 3.8) is 0 Å². The number of hydrogen-bond donors (Lipinski definition) is 0. The summed E-state index contributed by atoms with van der Waals surface area (Å²) in [6, 6.07) is 0. The molecule has 1 aromatic heterocycles. The first kappa shape index (κ1) is 13.3. The van der Waals surface area contributed by atoms with E-state index in [4.69, 9.17) is 0 Å². The molecule has 0 aliphatic carbocycles. The van der Waals surface area contributed by atoms with Gasteiger partial charge in [0.1, 0.15) is 6.54 Å². The van der Waals surface area contributed by atoms with Gasteiger partial charge in [-0.25, -0.2) is 0 Å². The van der Waals surface area contributed by atoms with Gasteiger partial charge in [0.2, 0.25) is 0 Å². The molecule has 0 amide bonds. The van der Waals surface area contributed by atoms with Gasteiger partial charge in [-0.3, -0.25) is 9.48 Å². The van der Waals surface area contributed by atoms with Crippen LogP contribution in [0.2, 0.25) is 0 Å². The lowest BCUT2D eigenvalue weighted by molar-refractivity contribution is -0.146. The summed E-state index contributed by atoms with van der Waals surface area (Å²) in [6.07, 6.45) is -3.35. The van der Waals surface area contributed by atoms with Gasteiger partial charge in [0.15, 0.2) is 5.69 Å². The van der Waals surface area contributed by atoms with Gasteiger partial charge in [0.25, 0.3) is 0 Å². The van der Waals surface area contributed by atoms with Gasteiger partial charge in [-0.15, -0.1) is 0 Å². The van der Waals surface area contributed by atoms with Crippen molar-refractivity contribution in [1.29, 1.82) is 0 Å². The average molecular weight is 348 g/mol. The van der Waals surface area contributed by atoms with Gasteiger partial charge < -0.3 is 4.74 Å². The Bertz CT molecular complexity index is 389.